The van der Waals surface area contributed by atoms with Gasteiger partial charge in [0.1, 0.15) is 0 Å². The molecule has 19 heavy (non-hydrogen) atoms. The maximum atomic E-state index is 12.2. The molecule has 0 atom stereocenters. The normalized spacial score (nSPS) is 10.7. The lowest BCUT2D eigenvalue weighted by atomic mass is 10.1. The second kappa shape index (κ2) is 5.38. The van der Waals surface area contributed by atoms with Crippen molar-refractivity contribution in [1.82, 2.24) is 4.98 Å². The Balaban J connectivity index is 3.49. The maximum absolute atomic E-state index is 12.2. The van der Waals surface area contributed by atoms with Gasteiger partial charge in [-0.2, -0.15) is 5.26 Å². The Morgan fingerprint density at radius 3 is 2.63 bits per heavy atom. The highest BCUT2D eigenvalue weighted by atomic mass is 19.4. The molecule has 0 N–H and O–H groups in total. The summed E-state index contributed by atoms with van der Waals surface area (Å²) in [5.74, 6) is -2.48. The van der Waals surface area contributed by atoms with Gasteiger partial charge in [-0.3, -0.25) is 0 Å². The van der Waals surface area contributed by atoms with Crippen molar-refractivity contribution in [1.29, 1.82) is 5.26 Å². The van der Waals surface area contributed by atoms with Crippen LogP contribution in [0, 0.1) is 21.4 Å². The minimum Gasteiger partial charge on any atom is -0.492 e. The summed E-state index contributed by atoms with van der Waals surface area (Å²) in [6.45, 7) is 0. The molecule has 7 nitrogen and oxygen atoms in total. The molecule has 0 aromatic carbocycles. The van der Waals surface area contributed by atoms with Crippen molar-refractivity contribution in [2.45, 2.75) is 12.8 Å². The van der Waals surface area contributed by atoms with E-state index in [-0.39, 0.29) is 11.3 Å². The number of nitrogens with zero attached hydrogens (tertiary/aromatic N) is 3. The van der Waals surface area contributed by atoms with Gasteiger partial charge in [0.25, 0.3) is 0 Å². The van der Waals surface area contributed by atoms with Gasteiger partial charge in [0, 0.05) is 0 Å². The average molecular weight is 277 g/mol. The lowest BCUT2D eigenvalue weighted by Gasteiger charge is -2.13. The number of alkyl halides is 3. The maximum Gasteiger partial charge on any atom is 0.573 e. The minimum atomic E-state index is -5.15. The van der Waals surface area contributed by atoms with Crippen LogP contribution < -0.4 is 9.47 Å². The predicted octanol–water partition coefficient (Wildman–Crippen LogP) is 1.96. The highest BCUT2D eigenvalue weighted by Crippen LogP contribution is 2.38. The van der Waals surface area contributed by atoms with Crippen LogP contribution in [0.5, 0.6) is 11.5 Å². The summed E-state index contributed by atoms with van der Waals surface area (Å²) in [6, 6.07) is 1.57. The first-order chi connectivity index (χ1) is 8.80. The minimum absolute atomic E-state index is 0.202. The molecule has 0 bridgehead atoms. The number of pyridine rings is 1. The fourth-order valence-corrected chi connectivity index (χ4v) is 1.28. The summed E-state index contributed by atoms with van der Waals surface area (Å²) in [7, 11) is 1.13. The molecule has 0 fully saturated rings. The van der Waals surface area contributed by atoms with E-state index in [1.165, 1.54) is 0 Å². The molecule has 0 unspecified atom stereocenters. The summed E-state index contributed by atoms with van der Waals surface area (Å²) in [5.41, 5.74) is -0.385. The Kier molecular flexibility index (Phi) is 4.11. The van der Waals surface area contributed by atoms with Crippen molar-refractivity contribution in [3.8, 4) is 17.6 Å². The van der Waals surface area contributed by atoms with Crippen LogP contribution in [-0.4, -0.2) is 23.4 Å². The summed E-state index contributed by atoms with van der Waals surface area (Å²) in [6.07, 6.45) is -4.85. The fourth-order valence-electron chi connectivity index (χ4n) is 1.28. The van der Waals surface area contributed by atoms with Crippen LogP contribution in [0.15, 0.2) is 6.20 Å². The van der Waals surface area contributed by atoms with Gasteiger partial charge in [0.15, 0.2) is 11.9 Å². The zero-order chi connectivity index (χ0) is 14.6. The monoisotopic (exact) mass is 277 g/mol. The van der Waals surface area contributed by atoms with Gasteiger partial charge in [0.2, 0.25) is 5.75 Å². The summed E-state index contributed by atoms with van der Waals surface area (Å²) >= 11 is 0. The quantitative estimate of drug-likeness (QED) is 0.616. The molecule has 102 valence electrons. The van der Waals surface area contributed by atoms with Crippen molar-refractivity contribution in [2.75, 3.05) is 7.11 Å². The summed E-state index contributed by atoms with van der Waals surface area (Å²) in [5, 5.41) is 19.2. The molecule has 1 rings (SSSR count). The fraction of sp³-hybridized carbons (Fsp3) is 0.333. The van der Waals surface area contributed by atoms with E-state index in [0.717, 1.165) is 13.3 Å². The Bertz CT molecular complexity index is 539. The number of hydrogen-bond donors (Lipinski definition) is 0. The number of hydrogen-bond acceptors (Lipinski definition) is 6. The molecule has 0 aliphatic carbocycles. The lowest BCUT2D eigenvalue weighted by Crippen LogP contribution is -2.19. The molecule has 10 heteroatoms. The van der Waals surface area contributed by atoms with E-state index in [0.29, 0.717) is 0 Å². The van der Waals surface area contributed by atoms with Gasteiger partial charge in [-0.15, -0.1) is 13.2 Å². The first-order valence-corrected chi connectivity index (χ1v) is 4.63. The zero-order valence-electron chi connectivity index (χ0n) is 9.39. The third kappa shape index (κ3) is 3.44. The SMILES string of the molecule is COc1cnc([N+](=O)[O-])c(OC(F)(F)F)c1CC#N. The zero-order valence-corrected chi connectivity index (χ0v) is 9.39. The average Bonchev–Trinajstić information content (AvgIpc) is 2.29. The Morgan fingerprint density at radius 2 is 2.21 bits per heavy atom. The highest BCUT2D eigenvalue weighted by Gasteiger charge is 2.37. The Labute approximate surface area is 104 Å². The van der Waals surface area contributed by atoms with E-state index < -0.39 is 29.3 Å². The number of ether oxygens (including phenoxy) is 2. The number of rotatable bonds is 4. The van der Waals surface area contributed by atoms with Crippen LogP contribution in [0.4, 0.5) is 19.0 Å². The third-order valence-electron chi connectivity index (χ3n) is 1.95. The number of nitro groups is 1. The van der Waals surface area contributed by atoms with E-state index in [1.54, 1.807) is 6.07 Å². The van der Waals surface area contributed by atoms with E-state index >= 15 is 0 Å². The largest absolute Gasteiger partial charge is 0.573 e. The standard InChI is InChI=1S/C9H6F3N3O4/c1-18-6-4-14-8(15(16)17)7(5(6)2-3-13)19-9(10,11)12/h4H,2H2,1H3. The second-order valence-corrected chi connectivity index (χ2v) is 3.10. The van der Waals surface area contributed by atoms with Crippen molar-refractivity contribution in [2.24, 2.45) is 0 Å². The first-order valence-electron chi connectivity index (χ1n) is 4.63. The highest BCUT2D eigenvalue weighted by molar-refractivity contribution is 5.53. The second-order valence-electron chi connectivity index (χ2n) is 3.10. The molecule has 1 heterocycles. The smallest absolute Gasteiger partial charge is 0.492 e. The van der Waals surface area contributed by atoms with Gasteiger partial charge in [0.05, 0.1) is 25.2 Å². The molecule has 0 aliphatic rings. The molecular weight excluding hydrogens is 271 g/mol. The molecule has 0 aliphatic heterocycles. The van der Waals surface area contributed by atoms with E-state index in [2.05, 4.69) is 9.72 Å². The predicted molar refractivity (Wildman–Crippen MR) is 53.4 cm³/mol. The topological polar surface area (TPSA) is 98.3 Å². The van der Waals surface area contributed by atoms with Gasteiger partial charge in [-0.05, 0) is 9.91 Å². The molecule has 1 aromatic rings. The summed E-state index contributed by atoms with van der Waals surface area (Å²) in [4.78, 5) is 12.7. The number of halogens is 3. The summed E-state index contributed by atoms with van der Waals surface area (Å²) < 4.78 is 45.0. The Morgan fingerprint density at radius 1 is 1.58 bits per heavy atom. The van der Waals surface area contributed by atoms with Crippen molar-refractivity contribution in [3.05, 3.63) is 21.9 Å². The first kappa shape index (κ1) is 14.5. The molecule has 0 saturated heterocycles. The molecule has 0 radical (unpaired) electrons. The van der Waals surface area contributed by atoms with Gasteiger partial charge < -0.3 is 19.6 Å². The molecular formula is C9H6F3N3O4. The Hall–Kier alpha value is -2.57. The van der Waals surface area contributed by atoms with Crippen molar-refractivity contribution < 1.29 is 27.6 Å². The lowest BCUT2D eigenvalue weighted by molar-refractivity contribution is -0.393. The van der Waals surface area contributed by atoms with Crippen LogP contribution in [0.25, 0.3) is 0 Å². The van der Waals surface area contributed by atoms with Crippen LogP contribution in [0.3, 0.4) is 0 Å². The van der Waals surface area contributed by atoms with Crippen LogP contribution in [0.1, 0.15) is 5.56 Å². The van der Waals surface area contributed by atoms with Crippen LogP contribution in [-0.2, 0) is 6.42 Å². The molecule has 0 saturated carbocycles. The van der Waals surface area contributed by atoms with Gasteiger partial charge in [-0.25, -0.2) is 0 Å². The van der Waals surface area contributed by atoms with E-state index in [4.69, 9.17) is 10.00 Å². The van der Waals surface area contributed by atoms with Crippen LogP contribution >= 0.6 is 0 Å². The number of aromatic nitrogens is 1. The van der Waals surface area contributed by atoms with Gasteiger partial charge in [-0.1, -0.05) is 0 Å². The molecule has 0 spiro atoms. The van der Waals surface area contributed by atoms with E-state index in [9.17, 15) is 23.3 Å². The van der Waals surface area contributed by atoms with Crippen LogP contribution in [0.2, 0.25) is 0 Å². The van der Waals surface area contributed by atoms with Crippen molar-refractivity contribution >= 4 is 5.82 Å². The van der Waals surface area contributed by atoms with E-state index in [1.807, 2.05) is 0 Å². The molecule has 0 amide bonds. The van der Waals surface area contributed by atoms with Crippen molar-refractivity contribution in [3.63, 3.8) is 0 Å². The third-order valence-corrected chi connectivity index (χ3v) is 1.95. The van der Waals surface area contributed by atoms with Gasteiger partial charge >= 0.3 is 12.2 Å². The number of methoxy groups -OCH3 is 1. The number of nitriles is 1. The molecule has 1 aromatic heterocycles.